The molecule has 0 aromatic heterocycles. The molecule has 1 aliphatic heterocycles. The number of hydrogen-bond acceptors (Lipinski definition) is 3. The first-order valence-corrected chi connectivity index (χ1v) is 10.5. The lowest BCUT2D eigenvalue weighted by Gasteiger charge is -2.31. The van der Waals surface area contributed by atoms with Gasteiger partial charge in [0.25, 0.3) is 17.7 Å². The third-order valence-corrected chi connectivity index (χ3v) is 6.45. The number of imide groups is 1. The van der Waals surface area contributed by atoms with Crippen molar-refractivity contribution in [1.82, 2.24) is 10.0 Å². The van der Waals surface area contributed by atoms with E-state index in [1.54, 1.807) is 42.5 Å². The first-order valence-electron chi connectivity index (χ1n) is 9.41. The second-order valence-corrected chi connectivity index (χ2v) is 8.46. The molecule has 5 nitrogen and oxygen atoms in total. The van der Waals surface area contributed by atoms with Crippen LogP contribution in [0.25, 0.3) is 0 Å². The maximum absolute atomic E-state index is 13.4. The molecule has 1 aliphatic carbocycles. The normalized spacial score (nSPS) is 20.4. The summed E-state index contributed by atoms with van der Waals surface area (Å²) in [6, 6.07) is 11.4. The lowest BCUT2D eigenvalue weighted by Crippen LogP contribution is -2.49. The first-order chi connectivity index (χ1) is 14.4. The second kappa shape index (κ2) is 8.42. The Morgan fingerprint density at radius 3 is 2.13 bits per heavy atom. The second-order valence-electron chi connectivity index (χ2n) is 7.24. The Hall–Kier alpha value is -2.34. The molecule has 2 aromatic rings. The largest absolute Gasteiger partial charge is 0.274 e. The minimum Gasteiger partial charge on any atom is -0.272 e. The summed E-state index contributed by atoms with van der Waals surface area (Å²) in [7, 11) is 0. The zero-order valence-electron chi connectivity index (χ0n) is 15.7. The fraction of sp³-hybridized carbons (Fsp3) is 0.227. The Balaban J connectivity index is 1.74. The number of carbonyl (C=O) groups excluding carboxylic acids is 3. The summed E-state index contributed by atoms with van der Waals surface area (Å²) in [5.74, 6) is -2.22. The van der Waals surface area contributed by atoms with Gasteiger partial charge in [0.05, 0.1) is 39.0 Å². The van der Waals surface area contributed by atoms with Crippen LogP contribution < -0.4 is 0 Å². The van der Waals surface area contributed by atoms with E-state index in [0.717, 1.165) is 10.0 Å². The Morgan fingerprint density at radius 2 is 1.53 bits per heavy atom. The predicted molar refractivity (Wildman–Crippen MR) is 115 cm³/mol. The number of nitrogens with zero attached hydrogens (tertiary/aromatic N) is 2. The number of hydrazine groups is 1. The molecule has 0 radical (unpaired) electrons. The van der Waals surface area contributed by atoms with Gasteiger partial charge in [0.15, 0.2) is 0 Å². The zero-order chi connectivity index (χ0) is 21.4. The molecule has 1 fully saturated rings. The summed E-state index contributed by atoms with van der Waals surface area (Å²) < 4.78 is 0. The Kier molecular flexibility index (Phi) is 5.87. The quantitative estimate of drug-likeness (QED) is 0.465. The molecule has 4 rings (SSSR count). The number of rotatable bonds is 4. The van der Waals surface area contributed by atoms with Crippen molar-refractivity contribution in [3.8, 4) is 0 Å². The summed E-state index contributed by atoms with van der Waals surface area (Å²) in [5.41, 5.74) is 0.825. The van der Waals surface area contributed by atoms with Crippen molar-refractivity contribution < 1.29 is 14.4 Å². The standard InChI is InChI=1S/C22H17Cl3N2O3/c23-17-8-4-3-7-16(17)20(28)26(12-13-9-10-18(24)19(25)11-13)27-21(29)14-5-1-2-6-15(14)22(27)30/h1-4,7-11,14-15H,5-6,12H2/t14-,15-/m1/s1. The van der Waals surface area contributed by atoms with Crippen LogP contribution in [-0.4, -0.2) is 27.7 Å². The number of hydrogen-bond donors (Lipinski definition) is 0. The molecule has 30 heavy (non-hydrogen) atoms. The minimum atomic E-state index is -0.542. The zero-order valence-corrected chi connectivity index (χ0v) is 18.0. The van der Waals surface area contributed by atoms with E-state index >= 15 is 0 Å². The smallest absolute Gasteiger partial charge is 0.272 e. The summed E-state index contributed by atoms with van der Waals surface area (Å²) in [5, 5.41) is 3.06. The van der Waals surface area contributed by atoms with Crippen LogP contribution in [-0.2, 0) is 16.1 Å². The first kappa shape index (κ1) is 20.9. The average Bonchev–Trinajstić information content (AvgIpc) is 2.99. The summed E-state index contributed by atoms with van der Waals surface area (Å²) in [6.45, 7) is -0.0364. The number of amides is 3. The van der Waals surface area contributed by atoms with Crippen LogP contribution in [0.5, 0.6) is 0 Å². The molecule has 0 unspecified atom stereocenters. The monoisotopic (exact) mass is 462 g/mol. The highest BCUT2D eigenvalue weighted by Gasteiger charge is 2.50. The number of allylic oxidation sites excluding steroid dienone is 2. The van der Waals surface area contributed by atoms with Gasteiger partial charge in [-0.15, -0.1) is 0 Å². The molecule has 2 aromatic carbocycles. The molecule has 3 amide bonds. The van der Waals surface area contributed by atoms with Gasteiger partial charge in [0, 0.05) is 0 Å². The van der Waals surface area contributed by atoms with Gasteiger partial charge in [-0.25, -0.2) is 5.01 Å². The Labute approximate surface area is 188 Å². The van der Waals surface area contributed by atoms with Gasteiger partial charge in [-0.3, -0.25) is 14.4 Å². The van der Waals surface area contributed by atoms with Crippen LogP contribution >= 0.6 is 34.8 Å². The third kappa shape index (κ3) is 3.73. The van der Waals surface area contributed by atoms with Crippen molar-refractivity contribution in [2.24, 2.45) is 11.8 Å². The summed E-state index contributed by atoms with van der Waals surface area (Å²) in [4.78, 5) is 39.7. The molecule has 0 spiro atoms. The van der Waals surface area contributed by atoms with Gasteiger partial charge in [0.2, 0.25) is 0 Å². The molecule has 1 saturated heterocycles. The van der Waals surface area contributed by atoms with Crippen molar-refractivity contribution in [3.63, 3.8) is 0 Å². The minimum absolute atomic E-state index is 0.0364. The van der Waals surface area contributed by atoms with E-state index in [9.17, 15) is 14.4 Å². The summed E-state index contributed by atoms with van der Waals surface area (Å²) >= 11 is 18.3. The fourth-order valence-electron chi connectivity index (χ4n) is 3.84. The molecular formula is C22H17Cl3N2O3. The van der Waals surface area contributed by atoms with E-state index in [1.807, 2.05) is 12.2 Å². The average molecular weight is 464 g/mol. The lowest BCUT2D eigenvalue weighted by atomic mass is 9.85. The molecule has 1 heterocycles. The number of carbonyl (C=O) groups is 3. The SMILES string of the molecule is O=C(c1ccccc1Cl)N(Cc1ccc(Cl)c(Cl)c1)N1C(=O)[C@@H]2CC=CC[C@H]2C1=O. The molecule has 0 bridgehead atoms. The Bertz CT molecular complexity index is 1040. The van der Waals surface area contributed by atoms with E-state index in [2.05, 4.69) is 0 Å². The number of benzene rings is 2. The van der Waals surface area contributed by atoms with E-state index in [-0.39, 0.29) is 28.9 Å². The topological polar surface area (TPSA) is 57.7 Å². The van der Waals surface area contributed by atoms with Crippen molar-refractivity contribution in [3.05, 3.63) is 80.8 Å². The highest BCUT2D eigenvalue weighted by Crippen LogP contribution is 2.37. The van der Waals surface area contributed by atoms with Crippen molar-refractivity contribution in [1.29, 1.82) is 0 Å². The van der Waals surface area contributed by atoms with E-state index < -0.39 is 17.7 Å². The van der Waals surface area contributed by atoms with Gasteiger partial charge >= 0.3 is 0 Å². The predicted octanol–water partition coefficient (Wildman–Crippen LogP) is 5.16. The van der Waals surface area contributed by atoms with Crippen molar-refractivity contribution in [2.45, 2.75) is 19.4 Å². The summed E-state index contributed by atoms with van der Waals surface area (Å²) in [6.07, 6.45) is 4.75. The molecule has 0 saturated carbocycles. The van der Waals surface area contributed by atoms with E-state index in [4.69, 9.17) is 34.8 Å². The molecular weight excluding hydrogens is 447 g/mol. The highest BCUT2D eigenvalue weighted by molar-refractivity contribution is 6.42. The van der Waals surface area contributed by atoms with Crippen LogP contribution in [0.1, 0.15) is 28.8 Å². The van der Waals surface area contributed by atoms with Gasteiger partial charge in [-0.2, -0.15) is 5.01 Å². The fourth-order valence-corrected chi connectivity index (χ4v) is 4.38. The lowest BCUT2D eigenvalue weighted by molar-refractivity contribution is -0.155. The van der Waals surface area contributed by atoms with Crippen LogP contribution in [0.2, 0.25) is 15.1 Å². The van der Waals surface area contributed by atoms with Crippen LogP contribution in [0, 0.1) is 11.8 Å². The van der Waals surface area contributed by atoms with Crippen LogP contribution in [0.15, 0.2) is 54.6 Å². The third-order valence-electron chi connectivity index (χ3n) is 5.38. The number of halogens is 3. The van der Waals surface area contributed by atoms with Crippen LogP contribution in [0.3, 0.4) is 0 Å². The Morgan fingerprint density at radius 1 is 0.900 bits per heavy atom. The maximum Gasteiger partial charge on any atom is 0.274 e. The van der Waals surface area contributed by atoms with Gasteiger partial charge in [-0.1, -0.05) is 65.2 Å². The van der Waals surface area contributed by atoms with E-state index in [0.29, 0.717) is 28.5 Å². The maximum atomic E-state index is 13.4. The molecule has 2 aliphatic rings. The van der Waals surface area contributed by atoms with E-state index in [1.165, 1.54) is 0 Å². The molecule has 154 valence electrons. The molecule has 8 heteroatoms. The van der Waals surface area contributed by atoms with Gasteiger partial charge < -0.3 is 0 Å². The van der Waals surface area contributed by atoms with Crippen molar-refractivity contribution >= 4 is 52.5 Å². The highest BCUT2D eigenvalue weighted by atomic mass is 35.5. The van der Waals surface area contributed by atoms with Gasteiger partial charge in [-0.05, 0) is 42.7 Å². The molecule has 0 N–H and O–H groups in total. The van der Waals surface area contributed by atoms with Crippen LogP contribution in [0.4, 0.5) is 0 Å². The molecule has 2 atom stereocenters. The van der Waals surface area contributed by atoms with Gasteiger partial charge in [0.1, 0.15) is 0 Å². The number of fused-ring (bicyclic) bond motifs is 1. The van der Waals surface area contributed by atoms with Crippen molar-refractivity contribution in [2.75, 3.05) is 0 Å².